The fraction of sp³-hybridized carbons (Fsp3) is 0.733. The van der Waals surface area contributed by atoms with Gasteiger partial charge in [-0.1, -0.05) is 27.4 Å². The largest absolute Gasteiger partial charge is 0.462 e. The van der Waals surface area contributed by atoms with Crippen LogP contribution < -0.4 is 0 Å². The molecule has 0 aliphatic heterocycles. The van der Waals surface area contributed by atoms with Crippen molar-refractivity contribution >= 4 is 35.6 Å². The maximum atomic E-state index is 14.7. The molecule has 0 unspecified atom stereocenters. The van der Waals surface area contributed by atoms with Crippen molar-refractivity contribution in [2.24, 2.45) is 28.1 Å². The maximum Gasteiger partial charge on any atom is 0.303 e. The molecule has 11 nitrogen and oxygen atoms in total. The van der Waals surface area contributed by atoms with Gasteiger partial charge in [0.25, 0.3) is 0 Å². The molecule has 4 aliphatic rings. The molecule has 9 atom stereocenters. The Labute approximate surface area is 239 Å². The lowest BCUT2D eigenvalue weighted by atomic mass is 9.38. The Bertz CT molecular complexity index is 1220. The van der Waals surface area contributed by atoms with E-state index in [2.05, 4.69) is 20.4 Å². The lowest BCUT2D eigenvalue weighted by molar-refractivity contribution is -0.299. The second kappa shape index (κ2) is 9.94. The summed E-state index contributed by atoms with van der Waals surface area (Å²) in [6.07, 6.45) is -3.36. The Morgan fingerprint density at radius 2 is 1.32 bits per heavy atom. The van der Waals surface area contributed by atoms with Gasteiger partial charge in [-0.15, -0.1) is 0 Å². The summed E-state index contributed by atoms with van der Waals surface area (Å²) in [5, 5.41) is 0. The van der Waals surface area contributed by atoms with E-state index in [1.807, 2.05) is 6.92 Å². The van der Waals surface area contributed by atoms with Crippen LogP contribution in [0.5, 0.6) is 0 Å². The fourth-order valence-electron chi connectivity index (χ4n) is 9.09. The molecule has 0 radical (unpaired) electrons. The molecule has 0 aromatic heterocycles. The monoisotopic (exact) mass is 576 g/mol. The van der Waals surface area contributed by atoms with Crippen molar-refractivity contribution in [1.82, 2.24) is 0 Å². The molecular formula is C30H40O11. The number of ether oxygens (including phenoxy) is 5. The number of Topliss-reactive ketones (excluding diaryl/α,β-unsaturated/α-hetero) is 1. The number of esters is 5. The van der Waals surface area contributed by atoms with Crippen LogP contribution >= 0.6 is 0 Å². The standard InChI is InChI=1S/C30H40O11/c1-14-25(36)30-23(39-17(4)33)12-21-27(7,8)11-10-22(38-16(3)32)28(21,9)24(30)20(37-15(2)31)13-29(14,41-19(6)35)26(30)40-18(5)34/h20-24,26H,1,10-13H2,2-9H3/t20-,21+,22+,23+,24+,26+,28-,29+,30+/m0/s1. The molecule has 41 heavy (non-hydrogen) atoms. The van der Waals surface area contributed by atoms with Gasteiger partial charge in [0.2, 0.25) is 0 Å². The highest BCUT2D eigenvalue weighted by Crippen LogP contribution is 2.74. The molecular weight excluding hydrogens is 536 g/mol. The quantitative estimate of drug-likeness (QED) is 0.270. The van der Waals surface area contributed by atoms with Gasteiger partial charge in [-0.25, -0.2) is 0 Å². The predicted molar refractivity (Wildman–Crippen MR) is 141 cm³/mol. The minimum atomic E-state index is -1.88. The lowest BCUT2D eigenvalue weighted by Gasteiger charge is -2.68. The molecule has 4 rings (SSSR count). The third kappa shape index (κ3) is 4.37. The first kappa shape index (κ1) is 30.7. The minimum absolute atomic E-state index is 0.142. The zero-order chi connectivity index (χ0) is 30.9. The SMILES string of the molecule is C=C1C(=O)[C@@]23[C@H]([C@@H](OC(C)=O)C[C@]1(OC(C)=O)[C@H]2OC(C)=O)[C@@]1(C)[C@H](C[C@H]3OC(C)=O)C(C)(C)CC[C@H]1OC(C)=O. The number of hydrogen-bond acceptors (Lipinski definition) is 11. The van der Waals surface area contributed by atoms with Crippen LogP contribution in [-0.4, -0.2) is 65.6 Å². The normalized spacial score (nSPS) is 40.4. The average molecular weight is 577 g/mol. The Hall–Kier alpha value is -3.24. The zero-order valence-corrected chi connectivity index (χ0v) is 25.0. The molecule has 0 aromatic carbocycles. The van der Waals surface area contributed by atoms with Crippen molar-refractivity contribution in [2.45, 2.75) is 111 Å². The van der Waals surface area contributed by atoms with Crippen LogP contribution in [0.1, 0.15) is 81.1 Å². The molecule has 1 spiro atoms. The summed E-state index contributed by atoms with van der Waals surface area (Å²) in [4.78, 5) is 77.5. The van der Waals surface area contributed by atoms with Crippen LogP contribution in [0.4, 0.5) is 0 Å². The van der Waals surface area contributed by atoms with Gasteiger partial charge in [0.1, 0.15) is 23.7 Å². The molecule has 0 amide bonds. The van der Waals surface area contributed by atoms with E-state index in [4.69, 9.17) is 23.7 Å². The van der Waals surface area contributed by atoms with Crippen molar-refractivity contribution in [3.8, 4) is 0 Å². The third-order valence-corrected chi connectivity index (χ3v) is 10.1. The number of carbonyl (C=O) groups excluding carboxylic acids is 6. The van der Waals surface area contributed by atoms with E-state index >= 15 is 0 Å². The van der Waals surface area contributed by atoms with E-state index in [9.17, 15) is 28.8 Å². The summed E-state index contributed by atoms with van der Waals surface area (Å²) in [7, 11) is 0. The van der Waals surface area contributed by atoms with E-state index in [1.165, 1.54) is 20.8 Å². The van der Waals surface area contributed by atoms with Gasteiger partial charge in [-0.2, -0.15) is 0 Å². The minimum Gasteiger partial charge on any atom is -0.462 e. The van der Waals surface area contributed by atoms with Crippen LogP contribution in [0.15, 0.2) is 12.2 Å². The number of fused-ring (bicyclic) bond motifs is 3. The van der Waals surface area contributed by atoms with Crippen molar-refractivity contribution in [2.75, 3.05) is 0 Å². The topological polar surface area (TPSA) is 149 Å². The molecule has 0 aromatic rings. The Kier molecular flexibility index (Phi) is 7.45. The molecule has 4 aliphatic carbocycles. The predicted octanol–water partition coefficient (Wildman–Crippen LogP) is 3.01. The van der Waals surface area contributed by atoms with Crippen molar-refractivity contribution in [3.05, 3.63) is 12.2 Å². The van der Waals surface area contributed by atoms with Crippen molar-refractivity contribution in [3.63, 3.8) is 0 Å². The van der Waals surface area contributed by atoms with Gasteiger partial charge in [-0.05, 0) is 30.6 Å². The summed E-state index contributed by atoms with van der Waals surface area (Å²) in [6.45, 7) is 16.1. The van der Waals surface area contributed by atoms with Crippen molar-refractivity contribution < 1.29 is 52.5 Å². The highest BCUT2D eigenvalue weighted by molar-refractivity contribution is 6.07. The van der Waals surface area contributed by atoms with Gasteiger partial charge >= 0.3 is 29.8 Å². The molecule has 4 fully saturated rings. The van der Waals surface area contributed by atoms with Crippen LogP contribution in [0, 0.1) is 28.1 Å². The summed E-state index contributed by atoms with van der Waals surface area (Å²) in [6, 6.07) is 0. The van der Waals surface area contributed by atoms with Crippen LogP contribution in [0.2, 0.25) is 0 Å². The second-order valence-corrected chi connectivity index (χ2v) is 12.9. The van der Waals surface area contributed by atoms with Crippen LogP contribution in [-0.2, 0) is 52.5 Å². The summed E-state index contributed by atoms with van der Waals surface area (Å²) in [5.41, 5.74) is -5.30. The van der Waals surface area contributed by atoms with Gasteiger partial charge in [0, 0.05) is 57.9 Å². The van der Waals surface area contributed by atoms with Crippen LogP contribution in [0.25, 0.3) is 0 Å². The molecule has 0 heterocycles. The van der Waals surface area contributed by atoms with E-state index in [0.717, 1.165) is 13.8 Å². The molecule has 226 valence electrons. The zero-order valence-electron chi connectivity index (χ0n) is 25.0. The fourth-order valence-corrected chi connectivity index (χ4v) is 9.09. The highest BCUT2D eigenvalue weighted by Gasteiger charge is 2.85. The summed E-state index contributed by atoms with van der Waals surface area (Å²) >= 11 is 0. The average Bonchev–Trinajstić information content (AvgIpc) is 2.91. The third-order valence-electron chi connectivity index (χ3n) is 10.1. The summed E-state index contributed by atoms with van der Waals surface area (Å²) < 4.78 is 29.5. The first-order chi connectivity index (χ1) is 18.8. The van der Waals surface area contributed by atoms with E-state index in [1.54, 1.807) is 0 Å². The summed E-state index contributed by atoms with van der Waals surface area (Å²) in [5.74, 6) is -5.25. The highest BCUT2D eigenvalue weighted by atomic mass is 16.6. The van der Waals surface area contributed by atoms with Gasteiger partial charge in [0.15, 0.2) is 17.5 Å². The van der Waals surface area contributed by atoms with Crippen molar-refractivity contribution in [1.29, 1.82) is 0 Å². The molecule has 2 bridgehead atoms. The Morgan fingerprint density at radius 1 is 0.780 bits per heavy atom. The van der Waals surface area contributed by atoms with Gasteiger partial charge < -0.3 is 23.7 Å². The van der Waals surface area contributed by atoms with Gasteiger partial charge in [0.05, 0.1) is 0 Å². The Balaban J connectivity index is 2.13. The lowest BCUT2D eigenvalue weighted by Crippen LogP contribution is -2.76. The van der Waals surface area contributed by atoms with Gasteiger partial charge in [-0.3, -0.25) is 28.8 Å². The maximum absolute atomic E-state index is 14.7. The molecule has 0 saturated heterocycles. The number of carbonyl (C=O) groups is 6. The first-order valence-electron chi connectivity index (χ1n) is 14.0. The molecule has 0 N–H and O–H groups in total. The smallest absolute Gasteiger partial charge is 0.303 e. The second-order valence-electron chi connectivity index (χ2n) is 12.9. The Morgan fingerprint density at radius 3 is 1.83 bits per heavy atom. The molecule has 4 saturated carbocycles. The number of hydrogen-bond donors (Lipinski definition) is 0. The number of rotatable bonds is 5. The number of ketones is 1. The van der Waals surface area contributed by atoms with E-state index in [0.29, 0.717) is 12.8 Å². The molecule has 11 heteroatoms. The van der Waals surface area contributed by atoms with E-state index in [-0.39, 0.29) is 29.7 Å². The van der Waals surface area contributed by atoms with Crippen LogP contribution in [0.3, 0.4) is 0 Å². The van der Waals surface area contributed by atoms with E-state index < -0.39 is 82.4 Å². The first-order valence-corrected chi connectivity index (χ1v) is 14.0.